The molecule has 1 heterocycles. The fourth-order valence-electron chi connectivity index (χ4n) is 1.71. The molecule has 0 spiro atoms. The lowest BCUT2D eigenvalue weighted by molar-refractivity contribution is -0.131. The van der Waals surface area contributed by atoms with E-state index in [4.69, 9.17) is 14.6 Å². The third kappa shape index (κ3) is 4.35. The van der Waals surface area contributed by atoms with Crippen molar-refractivity contribution in [2.75, 3.05) is 7.11 Å². The number of carboxylic acid groups (broad SMARTS) is 1. The van der Waals surface area contributed by atoms with Crippen molar-refractivity contribution in [3.05, 3.63) is 59.9 Å². The van der Waals surface area contributed by atoms with E-state index in [9.17, 15) is 4.79 Å². The zero-order valence-electron chi connectivity index (χ0n) is 11.5. The van der Waals surface area contributed by atoms with Crippen LogP contribution in [0, 0.1) is 0 Å². The van der Waals surface area contributed by atoms with Crippen molar-refractivity contribution in [3.63, 3.8) is 0 Å². The van der Waals surface area contributed by atoms with E-state index in [-0.39, 0.29) is 0 Å². The van der Waals surface area contributed by atoms with E-state index >= 15 is 0 Å². The monoisotopic (exact) mass is 285 g/mol. The number of rotatable bonds is 6. The van der Waals surface area contributed by atoms with Crippen LogP contribution in [0.3, 0.4) is 0 Å². The summed E-state index contributed by atoms with van der Waals surface area (Å²) in [6.07, 6.45) is 5.96. The van der Waals surface area contributed by atoms with Crippen LogP contribution in [0.5, 0.6) is 11.5 Å². The number of carbonyl (C=O) groups is 1. The van der Waals surface area contributed by atoms with Crippen molar-refractivity contribution in [2.45, 2.75) is 6.61 Å². The first kappa shape index (κ1) is 14.6. The highest BCUT2D eigenvalue weighted by atomic mass is 16.5. The molecule has 0 amide bonds. The summed E-state index contributed by atoms with van der Waals surface area (Å²) in [5.74, 6) is 0.184. The maximum atomic E-state index is 10.6. The number of aliphatic carboxylic acids is 1. The van der Waals surface area contributed by atoms with Gasteiger partial charge in [0.2, 0.25) is 0 Å². The van der Waals surface area contributed by atoms with Crippen LogP contribution in [0.1, 0.15) is 11.1 Å². The molecule has 0 saturated heterocycles. The molecule has 0 aliphatic rings. The van der Waals surface area contributed by atoms with Gasteiger partial charge in [-0.05, 0) is 24.3 Å². The summed E-state index contributed by atoms with van der Waals surface area (Å²) in [4.78, 5) is 14.6. The van der Waals surface area contributed by atoms with E-state index in [0.29, 0.717) is 23.7 Å². The number of ether oxygens (including phenoxy) is 2. The molecule has 0 saturated carbocycles. The van der Waals surface area contributed by atoms with Gasteiger partial charge < -0.3 is 14.6 Å². The molecule has 0 fully saturated rings. The largest absolute Gasteiger partial charge is 0.497 e. The molecular formula is C16H15NO4. The average Bonchev–Trinajstić information content (AvgIpc) is 2.52. The van der Waals surface area contributed by atoms with E-state index < -0.39 is 5.97 Å². The Morgan fingerprint density at radius 3 is 2.90 bits per heavy atom. The van der Waals surface area contributed by atoms with Gasteiger partial charge in [-0.15, -0.1) is 0 Å². The summed E-state index contributed by atoms with van der Waals surface area (Å²) in [6.45, 7) is 0.342. The highest BCUT2D eigenvalue weighted by molar-refractivity contribution is 5.86. The third-order valence-electron chi connectivity index (χ3n) is 2.74. The zero-order chi connectivity index (χ0) is 15.1. The summed E-state index contributed by atoms with van der Waals surface area (Å²) >= 11 is 0. The predicted octanol–water partition coefficient (Wildman–Crippen LogP) is 2.77. The predicted molar refractivity (Wildman–Crippen MR) is 78.2 cm³/mol. The Morgan fingerprint density at radius 2 is 2.24 bits per heavy atom. The molecule has 1 N–H and O–H groups in total. The fraction of sp³-hybridized carbons (Fsp3) is 0.125. The van der Waals surface area contributed by atoms with Gasteiger partial charge >= 0.3 is 5.97 Å². The van der Waals surface area contributed by atoms with Crippen LogP contribution >= 0.6 is 0 Å². The summed E-state index contributed by atoms with van der Waals surface area (Å²) < 4.78 is 10.9. The molecule has 21 heavy (non-hydrogen) atoms. The van der Waals surface area contributed by atoms with Crippen LogP contribution in [0.2, 0.25) is 0 Å². The molecule has 1 aromatic carbocycles. The second-order valence-corrected chi connectivity index (χ2v) is 4.23. The van der Waals surface area contributed by atoms with E-state index in [0.717, 1.165) is 11.6 Å². The Balaban J connectivity index is 2.20. The van der Waals surface area contributed by atoms with Crippen LogP contribution < -0.4 is 9.47 Å². The number of carboxylic acids is 1. The van der Waals surface area contributed by atoms with Crippen molar-refractivity contribution in [3.8, 4) is 11.5 Å². The molecule has 5 heteroatoms. The van der Waals surface area contributed by atoms with Crippen LogP contribution in [-0.4, -0.2) is 23.2 Å². The topological polar surface area (TPSA) is 68.7 Å². The molecular weight excluding hydrogens is 270 g/mol. The molecule has 0 atom stereocenters. The van der Waals surface area contributed by atoms with Gasteiger partial charge in [0.25, 0.3) is 0 Å². The maximum absolute atomic E-state index is 10.6. The van der Waals surface area contributed by atoms with Gasteiger partial charge in [-0.3, -0.25) is 4.98 Å². The van der Waals surface area contributed by atoms with Crippen LogP contribution in [0.25, 0.3) is 6.08 Å². The first-order valence-electron chi connectivity index (χ1n) is 6.30. The number of hydrogen-bond donors (Lipinski definition) is 1. The minimum absolute atomic E-state index is 0.342. The number of methoxy groups -OCH3 is 1. The lowest BCUT2D eigenvalue weighted by Gasteiger charge is -2.11. The first-order chi connectivity index (χ1) is 10.2. The average molecular weight is 285 g/mol. The van der Waals surface area contributed by atoms with Crippen molar-refractivity contribution < 1.29 is 19.4 Å². The molecule has 108 valence electrons. The van der Waals surface area contributed by atoms with Gasteiger partial charge in [0.1, 0.15) is 18.1 Å². The van der Waals surface area contributed by atoms with Gasteiger partial charge in [-0.1, -0.05) is 6.07 Å². The summed E-state index contributed by atoms with van der Waals surface area (Å²) in [7, 11) is 1.56. The molecule has 0 unspecified atom stereocenters. The first-order valence-corrected chi connectivity index (χ1v) is 6.30. The van der Waals surface area contributed by atoms with Gasteiger partial charge in [0, 0.05) is 35.7 Å². The number of aromatic nitrogens is 1. The Bertz CT molecular complexity index is 638. The minimum atomic E-state index is -1.01. The lowest BCUT2D eigenvalue weighted by Crippen LogP contribution is -1.98. The molecule has 5 nitrogen and oxygen atoms in total. The second-order valence-electron chi connectivity index (χ2n) is 4.23. The number of benzene rings is 1. The standard InChI is InChI=1S/C16H15NO4/c1-20-14-6-4-13(5-7-16(18)19)15(9-14)21-11-12-3-2-8-17-10-12/h2-10H,11H2,1H3,(H,18,19)/b7-5+. The van der Waals surface area contributed by atoms with E-state index in [1.54, 1.807) is 37.7 Å². The summed E-state index contributed by atoms with van der Waals surface area (Å²) in [5.41, 5.74) is 1.59. The van der Waals surface area contributed by atoms with Gasteiger partial charge in [-0.2, -0.15) is 0 Å². The Hall–Kier alpha value is -2.82. The van der Waals surface area contributed by atoms with E-state index in [1.165, 1.54) is 6.08 Å². The molecule has 0 bridgehead atoms. The third-order valence-corrected chi connectivity index (χ3v) is 2.74. The number of pyridine rings is 1. The van der Waals surface area contributed by atoms with E-state index in [2.05, 4.69) is 4.98 Å². The number of nitrogens with zero attached hydrogens (tertiary/aromatic N) is 1. The van der Waals surface area contributed by atoms with E-state index in [1.807, 2.05) is 12.1 Å². The van der Waals surface area contributed by atoms with Crippen molar-refractivity contribution in [1.82, 2.24) is 4.98 Å². The highest BCUT2D eigenvalue weighted by Crippen LogP contribution is 2.26. The Morgan fingerprint density at radius 1 is 1.38 bits per heavy atom. The Labute approximate surface area is 122 Å². The number of hydrogen-bond acceptors (Lipinski definition) is 4. The summed E-state index contributed by atoms with van der Waals surface area (Å²) in [6, 6.07) is 8.95. The van der Waals surface area contributed by atoms with Crippen molar-refractivity contribution in [1.29, 1.82) is 0 Å². The molecule has 1 aromatic heterocycles. The van der Waals surface area contributed by atoms with Gasteiger partial charge in [-0.25, -0.2) is 4.79 Å². The highest BCUT2D eigenvalue weighted by Gasteiger charge is 2.05. The van der Waals surface area contributed by atoms with Crippen LogP contribution in [-0.2, 0) is 11.4 Å². The second kappa shape index (κ2) is 7.09. The summed E-state index contributed by atoms with van der Waals surface area (Å²) in [5, 5.41) is 8.71. The van der Waals surface area contributed by atoms with Crippen LogP contribution in [0.15, 0.2) is 48.8 Å². The SMILES string of the molecule is COc1ccc(/C=C/C(=O)O)c(OCc2cccnc2)c1. The molecule has 0 aliphatic carbocycles. The van der Waals surface area contributed by atoms with Crippen LogP contribution in [0.4, 0.5) is 0 Å². The quantitative estimate of drug-likeness (QED) is 0.826. The molecule has 2 rings (SSSR count). The maximum Gasteiger partial charge on any atom is 0.328 e. The Kier molecular flexibility index (Phi) is 4.93. The van der Waals surface area contributed by atoms with Crippen molar-refractivity contribution >= 4 is 12.0 Å². The fourth-order valence-corrected chi connectivity index (χ4v) is 1.71. The normalized spacial score (nSPS) is 10.5. The van der Waals surface area contributed by atoms with Gasteiger partial charge in [0.05, 0.1) is 7.11 Å². The minimum Gasteiger partial charge on any atom is -0.497 e. The molecule has 0 aliphatic heterocycles. The van der Waals surface area contributed by atoms with Crippen molar-refractivity contribution in [2.24, 2.45) is 0 Å². The van der Waals surface area contributed by atoms with Gasteiger partial charge in [0.15, 0.2) is 0 Å². The zero-order valence-corrected chi connectivity index (χ0v) is 11.5. The smallest absolute Gasteiger partial charge is 0.328 e. The molecule has 2 aromatic rings. The molecule has 0 radical (unpaired) electrons. The lowest BCUT2D eigenvalue weighted by atomic mass is 10.1.